The second-order valence-corrected chi connectivity index (χ2v) is 6.09. The number of nitrogens with zero attached hydrogens (tertiary/aromatic N) is 1. The van der Waals surface area contributed by atoms with E-state index in [2.05, 4.69) is 15.3 Å². The zero-order valence-corrected chi connectivity index (χ0v) is 14.0. The molecule has 0 aliphatic rings. The third-order valence-electron chi connectivity index (χ3n) is 3.56. The molecule has 0 radical (unpaired) electrons. The van der Waals surface area contributed by atoms with Crippen molar-refractivity contribution in [3.05, 3.63) is 68.7 Å². The summed E-state index contributed by atoms with van der Waals surface area (Å²) in [6.07, 6.45) is 2.11. The molecule has 1 amide bonds. The Morgan fingerprint density at radius 3 is 2.79 bits per heavy atom. The molecule has 0 unspecified atom stereocenters. The van der Waals surface area contributed by atoms with Gasteiger partial charge in [0.1, 0.15) is 0 Å². The van der Waals surface area contributed by atoms with Crippen LogP contribution in [0.5, 0.6) is 0 Å². The van der Waals surface area contributed by atoms with Crippen molar-refractivity contribution in [2.75, 3.05) is 5.32 Å². The van der Waals surface area contributed by atoms with Gasteiger partial charge in [-0.1, -0.05) is 29.3 Å². The van der Waals surface area contributed by atoms with E-state index in [1.54, 1.807) is 36.4 Å². The van der Waals surface area contributed by atoms with Crippen molar-refractivity contribution in [1.82, 2.24) is 9.97 Å². The maximum Gasteiger partial charge on any atom is 0.258 e. The quantitative estimate of drug-likeness (QED) is 0.741. The van der Waals surface area contributed by atoms with Crippen LogP contribution in [0, 0.1) is 0 Å². The van der Waals surface area contributed by atoms with Crippen molar-refractivity contribution in [2.45, 2.75) is 12.8 Å². The number of anilines is 1. The fourth-order valence-corrected chi connectivity index (χ4v) is 2.85. The topological polar surface area (TPSA) is 74.8 Å². The molecular formula is C17H13Cl2N3O2. The summed E-state index contributed by atoms with van der Waals surface area (Å²) in [6.45, 7) is 0. The molecule has 0 saturated carbocycles. The second-order valence-electron chi connectivity index (χ2n) is 5.25. The Hall–Kier alpha value is -2.37. The SMILES string of the molecule is O=C(CCc1ccc(Cl)cc1Cl)Nc1ccc2nc[nH]c(=O)c2c1. The molecule has 7 heteroatoms. The Labute approximate surface area is 147 Å². The zero-order chi connectivity index (χ0) is 17.1. The summed E-state index contributed by atoms with van der Waals surface area (Å²) >= 11 is 11.9. The van der Waals surface area contributed by atoms with Crippen LogP contribution in [-0.2, 0) is 11.2 Å². The number of benzene rings is 2. The second kappa shape index (κ2) is 7.03. The van der Waals surface area contributed by atoms with Crippen LogP contribution in [0.25, 0.3) is 10.9 Å². The summed E-state index contributed by atoms with van der Waals surface area (Å²) in [5.41, 5.74) is 1.73. The van der Waals surface area contributed by atoms with Gasteiger partial charge in [-0.05, 0) is 42.3 Å². The molecule has 0 saturated heterocycles. The molecule has 122 valence electrons. The number of carbonyl (C=O) groups is 1. The highest BCUT2D eigenvalue weighted by Crippen LogP contribution is 2.22. The Kier molecular flexibility index (Phi) is 4.83. The summed E-state index contributed by atoms with van der Waals surface area (Å²) in [7, 11) is 0. The van der Waals surface area contributed by atoms with Gasteiger partial charge in [0, 0.05) is 22.2 Å². The van der Waals surface area contributed by atoms with Crippen LogP contribution >= 0.6 is 23.2 Å². The number of rotatable bonds is 4. The minimum absolute atomic E-state index is 0.166. The summed E-state index contributed by atoms with van der Waals surface area (Å²) in [5, 5.41) is 4.30. The molecule has 1 aromatic heterocycles. The lowest BCUT2D eigenvalue weighted by Gasteiger charge is -2.07. The zero-order valence-electron chi connectivity index (χ0n) is 12.5. The molecule has 0 atom stereocenters. The van der Waals surface area contributed by atoms with Gasteiger partial charge in [-0.15, -0.1) is 0 Å². The molecule has 1 heterocycles. The van der Waals surface area contributed by atoms with Gasteiger partial charge in [-0.3, -0.25) is 9.59 Å². The van der Waals surface area contributed by atoms with Crippen LogP contribution in [0.4, 0.5) is 5.69 Å². The van der Waals surface area contributed by atoms with E-state index in [9.17, 15) is 9.59 Å². The first-order valence-corrected chi connectivity index (χ1v) is 8.00. The Morgan fingerprint density at radius 2 is 2.00 bits per heavy atom. The largest absolute Gasteiger partial charge is 0.326 e. The van der Waals surface area contributed by atoms with Crippen molar-refractivity contribution < 1.29 is 4.79 Å². The van der Waals surface area contributed by atoms with Crippen LogP contribution in [0.1, 0.15) is 12.0 Å². The van der Waals surface area contributed by atoms with E-state index in [0.717, 1.165) is 5.56 Å². The van der Waals surface area contributed by atoms with Gasteiger partial charge in [0.25, 0.3) is 5.56 Å². The van der Waals surface area contributed by atoms with Gasteiger partial charge >= 0.3 is 0 Å². The highest BCUT2D eigenvalue weighted by Gasteiger charge is 2.08. The van der Waals surface area contributed by atoms with Crippen LogP contribution in [0.2, 0.25) is 10.0 Å². The van der Waals surface area contributed by atoms with Crippen molar-refractivity contribution in [3.8, 4) is 0 Å². The number of carbonyl (C=O) groups excluding carboxylic acids is 1. The number of aromatic amines is 1. The van der Waals surface area contributed by atoms with Gasteiger partial charge in [0.05, 0.1) is 17.2 Å². The van der Waals surface area contributed by atoms with Crippen LogP contribution < -0.4 is 10.9 Å². The lowest BCUT2D eigenvalue weighted by molar-refractivity contribution is -0.116. The third kappa shape index (κ3) is 3.75. The number of hydrogen-bond donors (Lipinski definition) is 2. The van der Waals surface area contributed by atoms with Gasteiger partial charge in [-0.2, -0.15) is 0 Å². The monoisotopic (exact) mass is 361 g/mol. The lowest BCUT2D eigenvalue weighted by Crippen LogP contribution is -2.13. The number of aryl methyl sites for hydroxylation is 1. The molecular weight excluding hydrogens is 349 g/mol. The van der Waals surface area contributed by atoms with Crippen LogP contribution in [0.3, 0.4) is 0 Å². The maximum atomic E-state index is 12.1. The van der Waals surface area contributed by atoms with Crippen molar-refractivity contribution >= 4 is 45.7 Å². The first-order valence-electron chi connectivity index (χ1n) is 7.24. The highest BCUT2D eigenvalue weighted by atomic mass is 35.5. The van der Waals surface area contributed by atoms with E-state index >= 15 is 0 Å². The average molecular weight is 362 g/mol. The Balaban J connectivity index is 1.68. The van der Waals surface area contributed by atoms with Gasteiger partial charge < -0.3 is 10.3 Å². The number of fused-ring (bicyclic) bond motifs is 1. The smallest absolute Gasteiger partial charge is 0.258 e. The maximum absolute atomic E-state index is 12.1. The molecule has 5 nitrogen and oxygen atoms in total. The molecule has 0 bridgehead atoms. The lowest BCUT2D eigenvalue weighted by atomic mass is 10.1. The normalized spacial score (nSPS) is 10.8. The molecule has 0 fully saturated rings. The molecule has 3 aromatic rings. The first kappa shape index (κ1) is 16.5. The molecule has 24 heavy (non-hydrogen) atoms. The number of hydrogen-bond acceptors (Lipinski definition) is 3. The van der Waals surface area contributed by atoms with E-state index in [0.29, 0.717) is 33.1 Å². The van der Waals surface area contributed by atoms with Crippen LogP contribution in [0.15, 0.2) is 47.5 Å². The number of halogens is 2. The standard InChI is InChI=1S/C17H13Cl2N3O2/c18-11-3-1-10(14(19)7-11)2-6-16(23)22-12-4-5-15-13(8-12)17(24)21-9-20-15/h1,3-5,7-9H,2,6H2,(H,22,23)(H,20,21,24). The van der Waals surface area contributed by atoms with Gasteiger partial charge in [0.15, 0.2) is 0 Å². The third-order valence-corrected chi connectivity index (χ3v) is 4.15. The molecule has 3 rings (SSSR count). The molecule has 0 spiro atoms. The van der Waals surface area contributed by atoms with Crippen molar-refractivity contribution in [2.24, 2.45) is 0 Å². The molecule has 0 aliphatic heterocycles. The molecule has 2 aromatic carbocycles. The average Bonchev–Trinajstić information content (AvgIpc) is 2.55. The summed E-state index contributed by atoms with van der Waals surface area (Å²) < 4.78 is 0. The van der Waals surface area contributed by atoms with Gasteiger partial charge in [0.2, 0.25) is 5.91 Å². The fraction of sp³-hybridized carbons (Fsp3) is 0.118. The van der Waals surface area contributed by atoms with E-state index in [4.69, 9.17) is 23.2 Å². The van der Waals surface area contributed by atoms with E-state index < -0.39 is 0 Å². The Bertz CT molecular complexity index is 969. The van der Waals surface area contributed by atoms with E-state index in [1.807, 2.05) is 0 Å². The van der Waals surface area contributed by atoms with Gasteiger partial charge in [-0.25, -0.2) is 4.98 Å². The minimum Gasteiger partial charge on any atom is -0.326 e. The van der Waals surface area contributed by atoms with Crippen LogP contribution in [-0.4, -0.2) is 15.9 Å². The van der Waals surface area contributed by atoms with E-state index in [-0.39, 0.29) is 17.9 Å². The highest BCUT2D eigenvalue weighted by molar-refractivity contribution is 6.35. The molecule has 2 N–H and O–H groups in total. The minimum atomic E-state index is -0.246. The predicted molar refractivity (Wildman–Crippen MR) is 95.8 cm³/mol. The number of H-pyrrole nitrogens is 1. The number of nitrogens with one attached hydrogen (secondary N) is 2. The van der Waals surface area contributed by atoms with E-state index in [1.165, 1.54) is 6.33 Å². The Morgan fingerprint density at radius 1 is 1.17 bits per heavy atom. The van der Waals surface area contributed by atoms with Crippen molar-refractivity contribution in [1.29, 1.82) is 0 Å². The first-order chi connectivity index (χ1) is 11.5. The molecule has 0 aliphatic carbocycles. The number of amides is 1. The predicted octanol–water partition coefficient (Wildman–Crippen LogP) is 3.80. The summed E-state index contributed by atoms with van der Waals surface area (Å²) in [5.74, 6) is -0.166. The summed E-state index contributed by atoms with van der Waals surface area (Å²) in [6, 6.07) is 10.2. The number of aromatic nitrogens is 2. The summed E-state index contributed by atoms with van der Waals surface area (Å²) in [4.78, 5) is 30.4. The van der Waals surface area contributed by atoms with Crippen molar-refractivity contribution in [3.63, 3.8) is 0 Å². The fourth-order valence-electron chi connectivity index (χ4n) is 2.34.